The minimum atomic E-state index is -3.75. The highest BCUT2D eigenvalue weighted by Gasteiger charge is 2.52. The summed E-state index contributed by atoms with van der Waals surface area (Å²) in [5.74, 6) is 0. The molecule has 0 fully saturated rings. The van der Waals surface area contributed by atoms with Crippen molar-refractivity contribution in [2.45, 2.75) is 45.7 Å². The zero-order chi connectivity index (χ0) is 21.2. The van der Waals surface area contributed by atoms with E-state index in [4.69, 9.17) is 9.05 Å². The summed E-state index contributed by atoms with van der Waals surface area (Å²) >= 11 is 0. The Morgan fingerprint density at radius 2 is 1.68 bits per heavy atom. The van der Waals surface area contributed by atoms with E-state index in [1.54, 1.807) is 24.3 Å². The van der Waals surface area contributed by atoms with Crippen molar-refractivity contribution in [3.05, 3.63) is 59.2 Å². The first-order valence-corrected chi connectivity index (χ1v) is 10.8. The van der Waals surface area contributed by atoms with E-state index >= 15 is 0 Å². The van der Waals surface area contributed by atoms with Gasteiger partial charge in [0.2, 0.25) is 0 Å². The first-order chi connectivity index (χ1) is 13.3. The predicted molar refractivity (Wildman–Crippen MR) is 112 cm³/mol. The summed E-state index contributed by atoms with van der Waals surface area (Å²) in [7, 11) is -1.19. The van der Waals surface area contributed by atoms with Crippen LogP contribution < -0.4 is 0 Å². The third-order valence-corrected chi connectivity index (χ3v) is 7.06. The van der Waals surface area contributed by atoms with Crippen LogP contribution in [-0.4, -0.2) is 14.2 Å². The SMILES string of the molecule is COP(=O)(OC)C(c1ccccc1)C(C#N)(C#N)C/C=C(\C)CCC=C(C)C. The van der Waals surface area contributed by atoms with Gasteiger partial charge in [-0.25, -0.2) is 0 Å². The minimum Gasteiger partial charge on any atom is -0.311 e. The summed E-state index contributed by atoms with van der Waals surface area (Å²) in [5, 5.41) is 20.0. The highest BCUT2D eigenvalue weighted by atomic mass is 31.2. The maximum atomic E-state index is 13.3. The molecular weight excluding hydrogens is 371 g/mol. The number of allylic oxidation sites excluding steroid dienone is 4. The molecule has 0 radical (unpaired) electrons. The molecule has 0 N–H and O–H groups in total. The second-order valence-electron chi connectivity index (χ2n) is 6.99. The van der Waals surface area contributed by atoms with Crippen LogP contribution in [0.4, 0.5) is 0 Å². The van der Waals surface area contributed by atoms with Crippen LogP contribution in [0.5, 0.6) is 0 Å². The van der Waals surface area contributed by atoms with Crippen molar-refractivity contribution in [3.63, 3.8) is 0 Å². The van der Waals surface area contributed by atoms with Gasteiger partial charge in [-0.3, -0.25) is 4.57 Å². The van der Waals surface area contributed by atoms with Gasteiger partial charge in [-0.2, -0.15) is 10.5 Å². The standard InChI is InChI=1S/C22H29N2O3P/c1-18(2)10-9-11-19(3)14-15-22(16-23,17-24)21(28(25,26-4)27-5)20-12-7-6-8-13-20/h6-8,10,12-14,21H,9,11,15H2,1-5H3/b19-14+. The quantitative estimate of drug-likeness (QED) is 0.338. The molecule has 0 aliphatic heterocycles. The fraction of sp³-hybridized carbons (Fsp3) is 0.455. The molecule has 28 heavy (non-hydrogen) atoms. The normalized spacial score (nSPS) is 13.3. The lowest BCUT2D eigenvalue weighted by Gasteiger charge is -2.32. The smallest absolute Gasteiger partial charge is 0.311 e. The minimum absolute atomic E-state index is 0.136. The third kappa shape index (κ3) is 5.91. The zero-order valence-electron chi connectivity index (χ0n) is 17.3. The van der Waals surface area contributed by atoms with Gasteiger partial charge < -0.3 is 9.05 Å². The molecule has 6 heteroatoms. The molecule has 0 aromatic heterocycles. The molecule has 0 heterocycles. The molecule has 0 saturated heterocycles. The molecule has 0 bridgehead atoms. The number of nitriles is 2. The molecule has 1 aromatic rings. The molecule has 1 unspecified atom stereocenters. The van der Waals surface area contributed by atoms with Gasteiger partial charge in [-0.15, -0.1) is 0 Å². The van der Waals surface area contributed by atoms with Gasteiger partial charge in [0.1, 0.15) is 5.66 Å². The topological polar surface area (TPSA) is 83.1 Å². The van der Waals surface area contributed by atoms with Gasteiger partial charge in [0.15, 0.2) is 5.41 Å². The molecule has 5 nitrogen and oxygen atoms in total. The highest BCUT2D eigenvalue weighted by Crippen LogP contribution is 2.67. The van der Waals surface area contributed by atoms with E-state index in [0.717, 1.165) is 18.4 Å². The molecule has 1 rings (SSSR count). The Labute approximate surface area is 168 Å². The van der Waals surface area contributed by atoms with E-state index in [-0.39, 0.29) is 6.42 Å². The maximum absolute atomic E-state index is 13.3. The average molecular weight is 400 g/mol. The number of benzene rings is 1. The molecule has 0 amide bonds. The number of rotatable bonds is 10. The number of nitrogens with zero attached hydrogens (tertiary/aromatic N) is 2. The fourth-order valence-electron chi connectivity index (χ4n) is 3.03. The van der Waals surface area contributed by atoms with Crippen molar-refractivity contribution in [1.29, 1.82) is 10.5 Å². The van der Waals surface area contributed by atoms with Gasteiger partial charge in [0, 0.05) is 14.2 Å². The average Bonchev–Trinajstić information content (AvgIpc) is 2.71. The molecular formula is C22H29N2O3P. The Bertz CT molecular complexity index is 806. The van der Waals surface area contributed by atoms with Crippen molar-refractivity contribution >= 4 is 7.60 Å². The summed E-state index contributed by atoms with van der Waals surface area (Å²) in [6.45, 7) is 6.07. The molecule has 0 aliphatic carbocycles. The van der Waals surface area contributed by atoms with Crippen molar-refractivity contribution in [2.75, 3.05) is 14.2 Å². The predicted octanol–water partition coefficient (Wildman–Crippen LogP) is 6.33. The lowest BCUT2D eigenvalue weighted by atomic mass is 9.80. The molecule has 0 aliphatic rings. The van der Waals surface area contributed by atoms with Crippen molar-refractivity contribution in [2.24, 2.45) is 5.41 Å². The lowest BCUT2D eigenvalue weighted by molar-refractivity contribution is 0.250. The lowest BCUT2D eigenvalue weighted by Crippen LogP contribution is -2.27. The van der Waals surface area contributed by atoms with Crippen LogP contribution in [0, 0.1) is 28.1 Å². The van der Waals surface area contributed by atoms with Gasteiger partial charge in [0.05, 0.1) is 12.1 Å². The van der Waals surface area contributed by atoms with E-state index < -0.39 is 18.7 Å². The molecule has 150 valence electrons. The van der Waals surface area contributed by atoms with E-state index in [9.17, 15) is 15.1 Å². The largest absolute Gasteiger partial charge is 0.340 e. The Balaban J connectivity index is 3.36. The van der Waals surface area contributed by atoms with Crippen LogP contribution in [0.15, 0.2) is 53.6 Å². The van der Waals surface area contributed by atoms with Gasteiger partial charge in [0.25, 0.3) is 0 Å². The van der Waals surface area contributed by atoms with Gasteiger partial charge in [-0.1, -0.05) is 53.6 Å². The van der Waals surface area contributed by atoms with Crippen molar-refractivity contribution in [1.82, 2.24) is 0 Å². The summed E-state index contributed by atoms with van der Waals surface area (Å²) in [5.41, 5.74) is 0.298. The Hall–Kier alpha value is -2.17. The van der Waals surface area contributed by atoms with E-state index in [2.05, 4.69) is 18.2 Å². The molecule has 1 atom stereocenters. The van der Waals surface area contributed by atoms with Gasteiger partial charge in [-0.05, 0) is 45.6 Å². The monoisotopic (exact) mass is 400 g/mol. The first-order valence-electron chi connectivity index (χ1n) is 9.16. The summed E-state index contributed by atoms with van der Waals surface area (Å²) in [6, 6.07) is 13.1. The zero-order valence-corrected chi connectivity index (χ0v) is 18.2. The summed E-state index contributed by atoms with van der Waals surface area (Å²) < 4.78 is 23.8. The van der Waals surface area contributed by atoms with Crippen LogP contribution in [0.1, 0.15) is 51.3 Å². The molecule has 0 saturated carbocycles. The van der Waals surface area contributed by atoms with Crippen LogP contribution >= 0.6 is 7.60 Å². The molecule has 1 aromatic carbocycles. The van der Waals surface area contributed by atoms with E-state index in [1.807, 2.05) is 32.9 Å². The summed E-state index contributed by atoms with van der Waals surface area (Å²) in [4.78, 5) is 0. The Kier molecular flexibility index (Phi) is 9.36. The number of hydrogen-bond acceptors (Lipinski definition) is 5. The van der Waals surface area contributed by atoms with Crippen LogP contribution in [0.25, 0.3) is 0 Å². The Morgan fingerprint density at radius 1 is 1.11 bits per heavy atom. The van der Waals surface area contributed by atoms with Crippen molar-refractivity contribution < 1.29 is 13.6 Å². The second kappa shape index (κ2) is 11.0. The molecule has 0 spiro atoms. The second-order valence-corrected chi connectivity index (χ2v) is 9.31. The number of hydrogen-bond donors (Lipinski definition) is 0. The fourth-order valence-corrected chi connectivity index (χ4v) is 4.90. The van der Waals surface area contributed by atoms with E-state index in [1.165, 1.54) is 19.8 Å². The van der Waals surface area contributed by atoms with Gasteiger partial charge >= 0.3 is 7.60 Å². The Morgan fingerprint density at radius 3 is 2.14 bits per heavy atom. The van der Waals surface area contributed by atoms with Crippen molar-refractivity contribution in [3.8, 4) is 12.1 Å². The third-order valence-electron chi connectivity index (χ3n) is 4.67. The highest BCUT2D eigenvalue weighted by molar-refractivity contribution is 7.54. The first kappa shape index (κ1) is 23.9. The van der Waals surface area contributed by atoms with E-state index in [0.29, 0.717) is 5.56 Å². The van der Waals surface area contributed by atoms with Crippen LogP contribution in [0.2, 0.25) is 0 Å². The summed E-state index contributed by atoms with van der Waals surface area (Å²) in [6.07, 6.45) is 5.90. The van der Waals surface area contributed by atoms with Crippen LogP contribution in [-0.2, 0) is 13.6 Å². The maximum Gasteiger partial charge on any atom is 0.340 e. The van der Waals surface area contributed by atoms with Crippen LogP contribution in [0.3, 0.4) is 0 Å².